The van der Waals surface area contributed by atoms with Crippen molar-refractivity contribution in [3.8, 4) is 6.07 Å². The third-order valence-electron chi connectivity index (χ3n) is 3.69. The highest BCUT2D eigenvalue weighted by Crippen LogP contribution is 2.34. The molecule has 0 aromatic heterocycles. The second-order valence-electron chi connectivity index (χ2n) is 5.36. The van der Waals surface area contributed by atoms with Gasteiger partial charge >= 0.3 is 0 Å². The SMILES string of the molecule is CC1(Nc2ccc(CCCC#N)c(F)c2)CCC1. The highest BCUT2D eigenvalue weighted by Gasteiger charge is 2.31. The summed E-state index contributed by atoms with van der Waals surface area (Å²) >= 11 is 0. The van der Waals surface area contributed by atoms with Gasteiger partial charge in [0.1, 0.15) is 5.82 Å². The summed E-state index contributed by atoms with van der Waals surface area (Å²) in [5.41, 5.74) is 1.71. The van der Waals surface area contributed by atoms with Gasteiger partial charge in [-0.1, -0.05) is 6.07 Å². The molecule has 0 heterocycles. The first-order chi connectivity index (χ1) is 8.63. The van der Waals surface area contributed by atoms with Crippen LogP contribution in [-0.4, -0.2) is 5.54 Å². The lowest BCUT2D eigenvalue weighted by molar-refractivity contribution is 0.306. The van der Waals surface area contributed by atoms with Crippen molar-refractivity contribution >= 4 is 5.69 Å². The summed E-state index contributed by atoms with van der Waals surface area (Å²) in [6.45, 7) is 2.18. The first-order valence-electron chi connectivity index (χ1n) is 6.56. The number of nitrogens with one attached hydrogen (secondary N) is 1. The standard InChI is InChI=1S/C15H19FN2/c1-15(8-4-9-15)18-13-7-6-12(14(16)11-13)5-2-3-10-17/h6-7,11,18H,2-5,8-9H2,1H3. The molecule has 96 valence electrons. The van der Waals surface area contributed by atoms with Gasteiger partial charge < -0.3 is 5.32 Å². The predicted octanol–water partition coefficient (Wildman–Crippen LogP) is 4.03. The Hall–Kier alpha value is -1.56. The van der Waals surface area contributed by atoms with Crippen LogP contribution in [0.5, 0.6) is 0 Å². The van der Waals surface area contributed by atoms with Crippen molar-refractivity contribution in [2.45, 2.75) is 51.0 Å². The Labute approximate surface area is 108 Å². The second-order valence-corrected chi connectivity index (χ2v) is 5.36. The van der Waals surface area contributed by atoms with E-state index in [-0.39, 0.29) is 11.4 Å². The highest BCUT2D eigenvalue weighted by atomic mass is 19.1. The Morgan fingerprint density at radius 1 is 1.44 bits per heavy atom. The molecule has 1 aliphatic carbocycles. The van der Waals surface area contributed by atoms with Gasteiger partial charge in [0.2, 0.25) is 0 Å². The van der Waals surface area contributed by atoms with Crippen LogP contribution < -0.4 is 5.32 Å². The van der Waals surface area contributed by atoms with E-state index in [1.807, 2.05) is 12.1 Å². The Kier molecular flexibility index (Phi) is 3.86. The molecule has 3 heteroatoms. The molecule has 0 spiro atoms. The van der Waals surface area contributed by atoms with Crippen LogP contribution in [0.25, 0.3) is 0 Å². The minimum absolute atomic E-state index is 0.148. The first-order valence-corrected chi connectivity index (χ1v) is 6.56. The Balaban J connectivity index is 1.98. The van der Waals surface area contributed by atoms with E-state index in [4.69, 9.17) is 5.26 Å². The van der Waals surface area contributed by atoms with E-state index in [0.29, 0.717) is 18.4 Å². The van der Waals surface area contributed by atoms with Gasteiger partial charge in [-0.25, -0.2) is 4.39 Å². The third kappa shape index (κ3) is 3.01. The van der Waals surface area contributed by atoms with Crippen LogP contribution in [0.15, 0.2) is 18.2 Å². The topological polar surface area (TPSA) is 35.8 Å². The molecule has 1 aliphatic rings. The summed E-state index contributed by atoms with van der Waals surface area (Å²) in [4.78, 5) is 0. The summed E-state index contributed by atoms with van der Waals surface area (Å²) < 4.78 is 13.9. The average molecular weight is 246 g/mol. The summed E-state index contributed by atoms with van der Waals surface area (Å²) in [6.07, 6.45) is 5.39. The van der Waals surface area contributed by atoms with Gasteiger partial charge in [0.15, 0.2) is 0 Å². The fourth-order valence-corrected chi connectivity index (χ4v) is 2.37. The number of benzene rings is 1. The molecule has 0 amide bonds. The lowest BCUT2D eigenvalue weighted by atomic mass is 9.78. The quantitative estimate of drug-likeness (QED) is 0.796. The molecular weight excluding hydrogens is 227 g/mol. The molecule has 1 aromatic carbocycles. The zero-order valence-electron chi connectivity index (χ0n) is 10.8. The van der Waals surface area contributed by atoms with Gasteiger partial charge in [0, 0.05) is 17.6 Å². The molecule has 1 saturated carbocycles. The van der Waals surface area contributed by atoms with E-state index in [1.165, 1.54) is 6.42 Å². The summed E-state index contributed by atoms with van der Waals surface area (Å²) in [7, 11) is 0. The Bertz CT molecular complexity index is 458. The third-order valence-corrected chi connectivity index (χ3v) is 3.69. The lowest BCUT2D eigenvalue weighted by Gasteiger charge is -2.40. The molecule has 0 bridgehead atoms. The van der Waals surface area contributed by atoms with Crippen molar-refractivity contribution in [1.29, 1.82) is 5.26 Å². The molecule has 0 radical (unpaired) electrons. The maximum atomic E-state index is 13.9. The number of hydrogen-bond acceptors (Lipinski definition) is 2. The summed E-state index contributed by atoms with van der Waals surface area (Å²) in [5.74, 6) is -0.166. The monoisotopic (exact) mass is 246 g/mol. The van der Waals surface area contributed by atoms with Crippen molar-refractivity contribution in [2.75, 3.05) is 5.32 Å². The molecule has 2 nitrogen and oxygen atoms in total. The van der Waals surface area contributed by atoms with Crippen molar-refractivity contribution in [2.24, 2.45) is 0 Å². The van der Waals surface area contributed by atoms with Gasteiger partial charge in [0.05, 0.1) is 6.07 Å². The molecule has 2 rings (SSSR count). The number of halogens is 1. The van der Waals surface area contributed by atoms with Gasteiger partial charge in [-0.05, 0) is 56.7 Å². The molecule has 18 heavy (non-hydrogen) atoms. The number of rotatable bonds is 5. The maximum Gasteiger partial charge on any atom is 0.128 e. The zero-order valence-corrected chi connectivity index (χ0v) is 10.8. The lowest BCUT2D eigenvalue weighted by Crippen LogP contribution is -2.41. The first kappa shape index (κ1) is 12.9. The van der Waals surface area contributed by atoms with Gasteiger partial charge in [0.25, 0.3) is 0 Å². The van der Waals surface area contributed by atoms with E-state index >= 15 is 0 Å². The minimum atomic E-state index is -0.166. The zero-order chi connectivity index (χ0) is 13.0. The number of nitriles is 1. The Morgan fingerprint density at radius 2 is 2.22 bits per heavy atom. The van der Waals surface area contributed by atoms with Gasteiger partial charge in [-0.15, -0.1) is 0 Å². The molecule has 0 aliphatic heterocycles. The van der Waals surface area contributed by atoms with Crippen LogP contribution in [0.1, 0.15) is 44.6 Å². The van der Waals surface area contributed by atoms with E-state index in [9.17, 15) is 4.39 Å². The summed E-state index contributed by atoms with van der Waals surface area (Å²) in [5, 5.41) is 11.9. The molecule has 0 atom stereocenters. The molecule has 1 N–H and O–H groups in total. The molecule has 1 aromatic rings. The second kappa shape index (κ2) is 5.39. The molecular formula is C15H19FN2. The van der Waals surface area contributed by atoms with Gasteiger partial charge in [-0.3, -0.25) is 0 Å². The number of anilines is 1. The van der Waals surface area contributed by atoms with E-state index < -0.39 is 0 Å². The van der Waals surface area contributed by atoms with Crippen molar-refractivity contribution in [1.82, 2.24) is 0 Å². The number of aryl methyl sites for hydroxylation is 1. The van der Waals surface area contributed by atoms with Crippen molar-refractivity contribution < 1.29 is 4.39 Å². The summed E-state index contributed by atoms with van der Waals surface area (Å²) in [6, 6.07) is 7.42. The van der Waals surface area contributed by atoms with Crippen LogP contribution >= 0.6 is 0 Å². The average Bonchev–Trinajstić information content (AvgIpc) is 2.30. The number of hydrogen-bond donors (Lipinski definition) is 1. The molecule has 0 unspecified atom stereocenters. The number of nitrogens with zero attached hydrogens (tertiary/aromatic N) is 1. The van der Waals surface area contributed by atoms with E-state index in [1.54, 1.807) is 6.07 Å². The Morgan fingerprint density at radius 3 is 2.78 bits per heavy atom. The predicted molar refractivity (Wildman–Crippen MR) is 70.8 cm³/mol. The smallest absolute Gasteiger partial charge is 0.128 e. The molecule has 0 saturated heterocycles. The van der Waals surface area contributed by atoms with Crippen molar-refractivity contribution in [3.05, 3.63) is 29.6 Å². The highest BCUT2D eigenvalue weighted by molar-refractivity contribution is 5.48. The van der Waals surface area contributed by atoms with Crippen molar-refractivity contribution in [3.63, 3.8) is 0 Å². The van der Waals surface area contributed by atoms with Crippen LogP contribution in [0.4, 0.5) is 10.1 Å². The van der Waals surface area contributed by atoms with Gasteiger partial charge in [-0.2, -0.15) is 5.26 Å². The maximum absolute atomic E-state index is 13.9. The normalized spacial score (nSPS) is 16.7. The van der Waals surface area contributed by atoms with E-state index in [2.05, 4.69) is 18.3 Å². The minimum Gasteiger partial charge on any atom is -0.380 e. The van der Waals surface area contributed by atoms with E-state index in [0.717, 1.165) is 24.9 Å². The fourth-order valence-electron chi connectivity index (χ4n) is 2.37. The largest absolute Gasteiger partial charge is 0.380 e. The van der Waals surface area contributed by atoms with Crippen LogP contribution in [-0.2, 0) is 6.42 Å². The number of unbranched alkanes of at least 4 members (excludes halogenated alkanes) is 1. The van der Waals surface area contributed by atoms with Crippen LogP contribution in [0, 0.1) is 17.1 Å². The van der Waals surface area contributed by atoms with Crippen LogP contribution in [0.3, 0.4) is 0 Å². The fraction of sp³-hybridized carbons (Fsp3) is 0.533. The molecule has 1 fully saturated rings. The van der Waals surface area contributed by atoms with Crippen LogP contribution in [0.2, 0.25) is 0 Å².